The molecule has 0 aromatic heterocycles. The molecule has 32 heavy (non-hydrogen) atoms. The van der Waals surface area contributed by atoms with Gasteiger partial charge in [-0.05, 0) is 24.6 Å². The first-order valence-electron chi connectivity index (χ1n) is 12.8. The maximum absolute atomic E-state index is 12.2. The van der Waals surface area contributed by atoms with Crippen molar-refractivity contribution >= 4 is 33.3 Å². The van der Waals surface area contributed by atoms with Gasteiger partial charge in [0.05, 0.1) is 11.6 Å². The predicted molar refractivity (Wildman–Crippen MR) is 138 cm³/mol. The minimum Gasteiger partial charge on any atom is -0.266 e. The van der Waals surface area contributed by atoms with E-state index in [1.54, 1.807) is 6.07 Å². The van der Waals surface area contributed by atoms with Crippen molar-refractivity contribution < 1.29 is 12.6 Å². The first-order valence-corrected chi connectivity index (χ1v) is 15.0. The van der Waals surface area contributed by atoms with Gasteiger partial charge in [0, 0.05) is 5.02 Å². The lowest BCUT2D eigenvalue weighted by molar-refractivity contribution is 0.306. The zero-order chi connectivity index (χ0) is 23.5. The van der Waals surface area contributed by atoms with Gasteiger partial charge in [0.25, 0.3) is 10.1 Å². The molecule has 1 aromatic rings. The fourth-order valence-electron chi connectivity index (χ4n) is 3.90. The normalized spacial score (nSPS) is 11.8. The second-order valence-electron chi connectivity index (χ2n) is 8.86. The summed E-state index contributed by atoms with van der Waals surface area (Å²) in [4.78, 5) is -0.0610. The van der Waals surface area contributed by atoms with Gasteiger partial charge in [0.1, 0.15) is 4.90 Å². The molecular weight excluding hydrogens is 463 g/mol. The maximum atomic E-state index is 12.2. The van der Waals surface area contributed by atoms with Crippen LogP contribution in [-0.4, -0.2) is 15.0 Å². The Labute approximate surface area is 207 Å². The topological polar surface area (TPSA) is 43.4 Å². The Morgan fingerprint density at radius 2 is 1.06 bits per heavy atom. The Hall–Kier alpha value is -0.290. The molecule has 0 heterocycles. The first-order chi connectivity index (χ1) is 15.5. The van der Waals surface area contributed by atoms with E-state index in [9.17, 15) is 8.42 Å². The smallest absolute Gasteiger partial charge is 0.266 e. The maximum Gasteiger partial charge on any atom is 0.298 e. The van der Waals surface area contributed by atoms with E-state index in [2.05, 4.69) is 6.92 Å². The van der Waals surface area contributed by atoms with Crippen LogP contribution in [0.3, 0.4) is 0 Å². The highest BCUT2D eigenvalue weighted by Crippen LogP contribution is 2.26. The monoisotopic (exact) mass is 506 g/mol. The third kappa shape index (κ3) is 14.8. The van der Waals surface area contributed by atoms with Crippen LogP contribution in [0.25, 0.3) is 0 Å². The van der Waals surface area contributed by atoms with Crippen molar-refractivity contribution in [3.8, 4) is 0 Å². The minimum absolute atomic E-state index is 0.0610. The molecule has 6 heteroatoms. The van der Waals surface area contributed by atoms with E-state index < -0.39 is 10.1 Å². The quantitative estimate of drug-likeness (QED) is 0.123. The van der Waals surface area contributed by atoms with Crippen molar-refractivity contribution in [1.82, 2.24) is 0 Å². The van der Waals surface area contributed by atoms with Gasteiger partial charge in [-0.15, -0.1) is 0 Å². The van der Waals surface area contributed by atoms with Crippen LogP contribution in [0.15, 0.2) is 23.1 Å². The van der Waals surface area contributed by atoms with Gasteiger partial charge >= 0.3 is 0 Å². The Balaban J connectivity index is 1.88. The molecule has 0 aliphatic heterocycles. The largest absolute Gasteiger partial charge is 0.298 e. The lowest BCUT2D eigenvalue weighted by atomic mass is 10.0. The summed E-state index contributed by atoms with van der Waals surface area (Å²) in [5, 5.41) is 0.456. The Bertz CT molecular complexity index is 692. The van der Waals surface area contributed by atoms with Crippen LogP contribution < -0.4 is 0 Å². The molecule has 3 nitrogen and oxygen atoms in total. The summed E-state index contributed by atoms with van der Waals surface area (Å²) >= 11 is 11.8. The Kier molecular flexibility index (Phi) is 17.7. The van der Waals surface area contributed by atoms with Crippen molar-refractivity contribution in [2.24, 2.45) is 0 Å². The third-order valence-corrected chi connectivity index (χ3v) is 7.93. The second-order valence-corrected chi connectivity index (χ2v) is 11.3. The highest BCUT2D eigenvalue weighted by Gasteiger charge is 2.19. The molecule has 0 aliphatic rings. The Morgan fingerprint density at radius 1 is 0.656 bits per heavy atom. The summed E-state index contributed by atoms with van der Waals surface area (Å²) in [5.74, 6) is 0. The van der Waals surface area contributed by atoms with Crippen molar-refractivity contribution in [3.63, 3.8) is 0 Å². The highest BCUT2D eigenvalue weighted by atomic mass is 35.5. The van der Waals surface area contributed by atoms with E-state index in [1.807, 2.05) is 0 Å². The van der Waals surface area contributed by atoms with Crippen LogP contribution in [0.4, 0.5) is 0 Å². The molecule has 0 fully saturated rings. The second kappa shape index (κ2) is 19.1. The van der Waals surface area contributed by atoms with Gasteiger partial charge in [-0.25, -0.2) is 0 Å². The van der Waals surface area contributed by atoms with E-state index in [0.29, 0.717) is 5.02 Å². The number of benzene rings is 1. The van der Waals surface area contributed by atoms with Gasteiger partial charge in [-0.3, -0.25) is 4.18 Å². The number of unbranched alkanes of at least 4 members (excludes halogenated alkanes) is 17. The van der Waals surface area contributed by atoms with Crippen LogP contribution in [0.1, 0.15) is 122 Å². The molecular formula is C26H44Cl2O3S. The lowest BCUT2D eigenvalue weighted by Gasteiger charge is -2.08. The molecule has 0 bridgehead atoms. The average molecular weight is 508 g/mol. The first kappa shape index (κ1) is 29.7. The molecule has 0 spiro atoms. The average Bonchev–Trinajstić information content (AvgIpc) is 2.77. The molecule has 0 radical (unpaired) electrons. The summed E-state index contributed by atoms with van der Waals surface area (Å²) in [6.45, 7) is 2.46. The summed E-state index contributed by atoms with van der Waals surface area (Å²) in [6, 6.07) is 4.35. The van der Waals surface area contributed by atoms with E-state index >= 15 is 0 Å². The van der Waals surface area contributed by atoms with Crippen LogP contribution in [0.5, 0.6) is 0 Å². The van der Waals surface area contributed by atoms with E-state index in [-0.39, 0.29) is 16.5 Å². The fraction of sp³-hybridized carbons (Fsp3) is 0.769. The number of halogens is 2. The van der Waals surface area contributed by atoms with Crippen molar-refractivity contribution in [2.45, 2.75) is 127 Å². The summed E-state index contributed by atoms with van der Waals surface area (Å²) in [7, 11) is -3.85. The van der Waals surface area contributed by atoms with E-state index in [0.717, 1.165) is 19.3 Å². The zero-order valence-corrected chi connectivity index (χ0v) is 22.4. The van der Waals surface area contributed by atoms with Crippen molar-refractivity contribution in [2.75, 3.05) is 6.61 Å². The van der Waals surface area contributed by atoms with Crippen LogP contribution in [0, 0.1) is 0 Å². The molecule has 0 N–H and O–H groups in total. The highest BCUT2D eigenvalue weighted by molar-refractivity contribution is 7.86. The number of rotatable bonds is 21. The van der Waals surface area contributed by atoms with Crippen molar-refractivity contribution in [3.05, 3.63) is 28.2 Å². The van der Waals surface area contributed by atoms with E-state index in [4.69, 9.17) is 27.4 Å². The summed E-state index contributed by atoms with van der Waals surface area (Å²) in [5.41, 5.74) is 0. The van der Waals surface area contributed by atoms with Crippen LogP contribution >= 0.6 is 23.2 Å². The Morgan fingerprint density at radius 3 is 1.50 bits per heavy atom. The predicted octanol–water partition coefficient (Wildman–Crippen LogP) is 9.74. The molecule has 0 aliphatic carbocycles. The minimum atomic E-state index is -3.85. The fourth-order valence-corrected chi connectivity index (χ4v) is 5.58. The third-order valence-electron chi connectivity index (χ3n) is 5.90. The van der Waals surface area contributed by atoms with Crippen LogP contribution in [0.2, 0.25) is 10.0 Å². The number of hydrogen-bond donors (Lipinski definition) is 0. The molecule has 1 aromatic carbocycles. The van der Waals surface area contributed by atoms with Gasteiger partial charge in [-0.2, -0.15) is 8.42 Å². The number of hydrogen-bond acceptors (Lipinski definition) is 3. The van der Waals surface area contributed by atoms with Gasteiger partial charge in [0.2, 0.25) is 0 Å². The van der Waals surface area contributed by atoms with Gasteiger partial charge in [-0.1, -0.05) is 139 Å². The lowest BCUT2D eigenvalue weighted by Crippen LogP contribution is -2.08. The van der Waals surface area contributed by atoms with Gasteiger partial charge in [0.15, 0.2) is 0 Å². The molecule has 0 unspecified atom stereocenters. The van der Waals surface area contributed by atoms with Crippen molar-refractivity contribution in [1.29, 1.82) is 0 Å². The molecule has 0 atom stereocenters. The SMILES string of the molecule is CCCCCCCCCCCCCCCCCCCCOS(=O)(=O)c1cc(Cl)ccc1Cl. The standard InChI is InChI=1S/C26H44Cl2O3S/c1-2-3-4-5-6-7-8-9-10-11-12-13-14-15-16-17-18-19-22-31-32(29,30)26-23-24(27)20-21-25(26)28/h20-21,23H,2-19,22H2,1H3. The van der Waals surface area contributed by atoms with Crippen LogP contribution in [-0.2, 0) is 14.3 Å². The molecule has 1 rings (SSSR count). The molecule has 0 amide bonds. The zero-order valence-electron chi connectivity index (χ0n) is 20.1. The van der Waals surface area contributed by atoms with Gasteiger partial charge < -0.3 is 0 Å². The summed E-state index contributed by atoms with van der Waals surface area (Å²) < 4.78 is 29.6. The molecule has 0 saturated heterocycles. The van der Waals surface area contributed by atoms with E-state index in [1.165, 1.54) is 108 Å². The summed E-state index contributed by atoms with van der Waals surface area (Å²) in [6.07, 6.45) is 23.4. The molecule has 0 saturated carbocycles. The molecule has 186 valence electrons.